The maximum Gasteiger partial charge on any atom is 0.103 e. The predicted octanol–water partition coefficient (Wildman–Crippen LogP) is 1.34. The molecule has 0 saturated carbocycles. The van der Waals surface area contributed by atoms with Gasteiger partial charge in [-0.05, 0) is 19.8 Å². The molecule has 3 nitrogen and oxygen atoms in total. The van der Waals surface area contributed by atoms with Crippen molar-refractivity contribution in [2.45, 2.75) is 38.0 Å². The number of allylic oxidation sites excluding steroid dienone is 1. The smallest absolute Gasteiger partial charge is 0.103 e. The van der Waals surface area contributed by atoms with Crippen LogP contribution in [0.1, 0.15) is 19.8 Å². The van der Waals surface area contributed by atoms with E-state index in [1.54, 1.807) is 14.2 Å². The molecule has 0 aliphatic carbocycles. The molecule has 0 radical (unpaired) electrons. The quantitative estimate of drug-likeness (QED) is 0.681. The summed E-state index contributed by atoms with van der Waals surface area (Å²) in [5.41, 5.74) is 0. The molecule has 3 heteroatoms. The summed E-state index contributed by atoms with van der Waals surface area (Å²) in [5.74, 6) is 0. The number of hydrogen-bond donors (Lipinski definition) is 1. The Morgan fingerprint density at radius 2 is 2.07 bits per heavy atom. The Morgan fingerprint density at radius 1 is 1.29 bits per heavy atom. The summed E-state index contributed by atoms with van der Waals surface area (Å²) in [7, 11) is 3.46. The molecular formula is C11H21NO2. The lowest BCUT2D eigenvalue weighted by Gasteiger charge is -2.23. The molecule has 1 unspecified atom stereocenters. The van der Waals surface area contributed by atoms with Gasteiger partial charge in [0.15, 0.2) is 0 Å². The first-order chi connectivity index (χ1) is 6.77. The van der Waals surface area contributed by atoms with Crippen LogP contribution in [-0.4, -0.2) is 39.0 Å². The van der Waals surface area contributed by atoms with Gasteiger partial charge in [-0.15, -0.1) is 0 Å². The Balaban J connectivity index is 2.59. The third-order valence-corrected chi connectivity index (χ3v) is 2.70. The van der Waals surface area contributed by atoms with Crippen molar-refractivity contribution in [3.8, 4) is 0 Å². The average molecular weight is 199 g/mol. The molecule has 0 aromatic heterocycles. The Kier molecular flexibility index (Phi) is 5.15. The minimum atomic E-state index is 0.0674. The van der Waals surface area contributed by atoms with E-state index in [0.717, 1.165) is 13.0 Å². The largest absolute Gasteiger partial charge is 0.377 e. The van der Waals surface area contributed by atoms with Gasteiger partial charge in [0.1, 0.15) is 6.10 Å². The van der Waals surface area contributed by atoms with Crippen LogP contribution in [0.3, 0.4) is 0 Å². The van der Waals surface area contributed by atoms with E-state index in [1.807, 2.05) is 0 Å². The second kappa shape index (κ2) is 6.17. The fourth-order valence-corrected chi connectivity index (χ4v) is 1.68. The molecule has 0 spiro atoms. The van der Waals surface area contributed by atoms with Gasteiger partial charge in [-0.2, -0.15) is 0 Å². The standard InChI is InChI=1S/C11H21NO2/c1-9-6-4-5-7-10(13-2)11(14-3)8-12-9/h5,7,9-12H,4,6,8H2,1-3H3/b7-5-/t9?,10-,11-/m0/s1. The first-order valence-corrected chi connectivity index (χ1v) is 5.23. The van der Waals surface area contributed by atoms with E-state index in [4.69, 9.17) is 9.47 Å². The fourth-order valence-electron chi connectivity index (χ4n) is 1.68. The summed E-state index contributed by atoms with van der Waals surface area (Å²) in [6, 6.07) is 0.549. The van der Waals surface area contributed by atoms with Gasteiger partial charge < -0.3 is 14.8 Å². The van der Waals surface area contributed by atoms with Crippen molar-refractivity contribution in [1.29, 1.82) is 0 Å². The van der Waals surface area contributed by atoms with Crippen molar-refractivity contribution in [2.75, 3.05) is 20.8 Å². The van der Waals surface area contributed by atoms with Crippen molar-refractivity contribution >= 4 is 0 Å². The summed E-state index contributed by atoms with van der Waals surface area (Å²) in [5, 5.41) is 3.44. The SMILES string of the molecule is CO[C@H]1/C=C\CCC(C)NC[C@@H]1OC. The lowest BCUT2D eigenvalue weighted by molar-refractivity contribution is -0.0108. The van der Waals surface area contributed by atoms with Crippen LogP contribution in [0.15, 0.2) is 12.2 Å². The van der Waals surface area contributed by atoms with Crippen molar-refractivity contribution < 1.29 is 9.47 Å². The Hall–Kier alpha value is -0.380. The molecule has 1 aliphatic rings. The second-order valence-electron chi connectivity index (χ2n) is 3.79. The minimum absolute atomic E-state index is 0.0674. The average Bonchev–Trinajstić information content (AvgIpc) is 2.28. The summed E-state index contributed by atoms with van der Waals surface area (Å²) in [6.45, 7) is 3.05. The van der Waals surface area contributed by atoms with E-state index in [1.165, 1.54) is 6.42 Å². The van der Waals surface area contributed by atoms with Gasteiger partial charge in [-0.3, -0.25) is 0 Å². The van der Waals surface area contributed by atoms with Crippen LogP contribution in [-0.2, 0) is 9.47 Å². The topological polar surface area (TPSA) is 30.5 Å². The van der Waals surface area contributed by atoms with E-state index >= 15 is 0 Å². The van der Waals surface area contributed by atoms with Crippen LogP contribution in [0, 0.1) is 0 Å². The highest BCUT2D eigenvalue weighted by Crippen LogP contribution is 2.09. The number of rotatable bonds is 2. The maximum atomic E-state index is 5.40. The summed E-state index contributed by atoms with van der Waals surface area (Å²) in [6.07, 6.45) is 6.74. The van der Waals surface area contributed by atoms with E-state index in [-0.39, 0.29) is 12.2 Å². The number of ether oxygens (including phenoxy) is 2. The molecule has 14 heavy (non-hydrogen) atoms. The monoisotopic (exact) mass is 199 g/mol. The minimum Gasteiger partial charge on any atom is -0.377 e. The predicted molar refractivity (Wildman–Crippen MR) is 57.4 cm³/mol. The van der Waals surface area contributed by atoms with Gasteiger partial charge in [0.05, 0.1) is 6.10 Å². The van der Waals surface area contributed by atoms with E-state index < -0.39 is 0 Å². The molecule has 0 aromatic rings. The number of methoxy groups -OCH3 is 2. The Labute approximate surface area is 86.5 Å². The van der Waals surface area contributed by atoms with Crippen LogP contribution in [0.25, 0.3) is 0 Å². The van der Waals surface area contributed by atoms with E-state index in [2.05, 4.69) is 24.4 Å². The third kappa shape index (κ3) is 3.40. The molecule has 1 rings (SSSR count). The molecule has 1 heterocycles. The molecule has 0 aromatic carbocycles. The third-order valence-electron chi connectivity index (χ3n) is 2.70. The van der Waals surface area contributed by atoms with E-state index in [0.29, 0.717) is 6.04 Å². The van der Waals surface area contributed by atoms with Crippen molar-refractivity contribution in [2.24, 2.45) is 0 Å². The van der Waals surface area contributed by atoms with Crippen LogP contribution < -0.4 is 5.32 Å². The molecular weight excluding hydrogens is 178 g/mol. The summed E-state index contributed by atoms with van der Waals surface area (Å²) in [4.78, 5) is 0. The zero-order valence-corrected chi connectivity index (χ0v) is 9.32. The summed E-state index contributed by atoms with van der Waals surface area (Å²) < 4.78 is 10.8. The van der Waals surface area contributed by atoms with Crippen molar-refractivity contribution in [3.63, 3.8) is 0 Å². The molecule has 82 valence electrons. The highest BCUT2D eigenvalue weighted by molar-refractivity contribution is 4.96. The zero-order valence-electron chi connectivity index (χ0n) is 9.32. The van der Waals surface area contributed by atoms with Crippen LogP contribution >= 0.6 is 0 Å². The van der Waals surface area contributed by atoms with E-state index in [9.17, 15) is 0 Å². The molecule has 0 bridgehead atoms. The van der Waals surface area contributed by atoms with Crippen LogP contribution in [0.5, 0.6) is 0 Å². The lowest BCUT2D eigenvalue weighted by atomic mass is 10.1. The molecule has 0 amide bonds. The first kappa shape index (κ1) is 11.7. The number of hydrogen-bond acceptors (Lipinski definition) is 3. The van der Waals surface area contributed by atoms with Gasteiger partial charge in [-0.25, -0.2) is 0 Å². The van der Waals surface area contributed by atoms with Crippen molar-refractivity contribution in [1.82, 2.24) is 5.32 Å². The fraction of sp³-hybridized carbons (Fsp3) is 0.818. The van der Waals surface area contributed by atoms with Gasteiger partial charge >= 0.3 is 0 Å². The highest BCUT2D eigenvalue weighted by Gasteiger charge is 2.19. The Bertz CT molecular complexity index is 182. The van der Waals surface area contributed by atoms with Gasteiger partial charge in [0.2, 0.25) is 0 Å². The molecule has 0 saturated heterocycles. The van der Waals surface area contributed by atoms with Crippen molar-refractivity contribution in [3.05, 3.63) is 12.2 Å². The second-order valence-corrected chi connectivity index (χ2v) is 3.79. The maximum absolute atomic E-state index is 5.40. The molecule has 1 N–H and O–H groups in total. The molecule has 1 aliphatic heterocycles. The lowest BCUT2D eigenvalue weighted by Crippen LogP contribution is -2.40. The number of nitrogens with one attached hydrogen (secondary N) is 1. The first-order valence-electron chi connectivity index (χ1n) is 5.23. The normalized spacial score (nSPS) is 36.9. The van der Waals surface area contributed by atoms with Gasteiger partial charge in [0, 0.05) is 26.8 Å². The molecule has 0 fully saturated rings. The van der Waals surface area contributed by atoms with Gasteiger partial charge in [0.25, 0.3) is 0 Å². The molecule has 3 atom stereocenters. The highest BCUT2D eigenvalue weighted by atomic mass is 16.5. The van der Waals surface area contributed by atoms with Crippen LogP contribution in [0.2, 0.25) is 0 Å². The summed E-state index contributed by atoms with van der Waals surface area (Å²) >= 11 is 0. The zero-order chi connectivity index (χ0) is 10.4. The van der Waals surface area contributed by atoms with Gasteiger partial charge in [-0.1, -0.05) is 12.2 Å². The Morgan fingerprint density at radius 3 is 2.71 bits per heavy atom. The van der Waals surface area contributed by atoms with Crippen LogP contribution in [0.4, 0.5) is 0 Å².